The van der Waals surface area contributed by atoms with Crippen LogP contribution in [0.3, 0.4) is 0 Å². The van der Waals surface area contributed by atoms with Gasteiger partial charge in [-0.05, 0) is 116 Å². The molecule has 0 aliphatic heterocycles. The Bertz CT molecular complexity index is 796. The van der Waals surface area contributed by atoms with Gasteiger partial charge in [0.1, 0.15) is 0 Å². The maximum Gasteiger partial charge on any atom is 0.0860 e. The van der Waals surface area contributed by atoms with Crippen molar-refractivity contribution in [3.63, 3.8) is 0 Å². The number of nitrogens with zero attached hydrogens (tertiary/aromatic N) is 2. The molecule has 2 heteroatoms. The molecule has 0 fully saturated rings. The van der Waals surface area contributed by atoms with E-state index in [4.69, 9.17) is 0 Å². The van der Waals surface area contributed by atoms with Gasteiger partial charge in [0.05, 0.1) is 53.4 Å². The number of rotatable bonds is 19. The Balaban J connectivity index is 1.55. The van der Waals surface area contributed by atoms with Gasteiger partial charge in [-0.1, -0.05) is 75.7 Å². The molecule has 0 saturated heterocycles. The highest BCUT2D eigenvalue weighted by atomic mass is 15.3. The largest absolute Gasteiger partial charge is 0.326 e. The summed E-state index contributed by atoms with van der Waals surface area (Å²) in [5, 5.41) is 0. The molecule has 0 aromatic carbocycles. The molecule has 2 rings (SSSR count). The zero-order chi connectivity index (χ0) is 31.6. The summed E-state index contributed by atoms with van der Waals surface area (Å²) in [5.41, 5.74) is 7.81. The highest BCUT2D eigenvalue weighted by Gasteiger charge is 2.32. The summed E-state index contributed by atoms with van der Waals surface area (Å²) < 4.78 is 2.38. The molecule has 2 aliphatic rings. The molecule has 0 N–H and O–H groups in total. The number of quaternary nitrogens is 2. The van der Waals surface area contributed by atoms with Gasteiger partial charge in [-0.3, -0.25) is 0 Å². The van der Waals surface area contributed by atoms with E-state index in [1.807, 2.05) is 0 Å². The standard InChI is InChI=1S/C40H78N2/c1-33-23-21-29-39(5,6)37(33)27-25-35(3)41(9,10)31-19-17-15-13-14-16-18-20-32-42(11,12)36(4)26-28-38-34(2)24-22-30-40(38,7)8/h35-36H,13-32H2,1-12H3/q+2. The average Bonchev–Trinajstić information content (AvgIpc) is 2.88. The fourth-order valence-electron chi connectivity index (χ4n) is 8.40. The minimum atomic E-state index is 0.427. The smallest absolute Gasteiger partial charge is 0.0860 e. The Morgan fingerprint density at radius 1 is 0.548 bits per heavy atom. The molecule has 0 heterocycles. The van der Waals surface area contributed by atoms with Crippen LogP contribution in [-0.4, -0.2) is 62.3 Å². The van der Waals surface area contributed by atoms with Crippen LogP contribution in [0.1, 0.15) is 171 Å². The van der Waals surface area contributed by atoms with Gasteiger partial charge < -0.3 is 8.97 Å². The average molecular weight is 587 g/mol. The second-order valence-corrected chi connectivity index (χ2v) is 17.6. The van der Waals surface area contributed by atoms with E-state index in [2.05, 4.69) is 83.6 Å². The summed E-state index contributed by atoms with van der Waals surface area (Å²) in [7, 11) is 9.92. The molecular weight excluding hydrogens is 508 g/mol. The van der Waals surface area contributed by atoms with Crippen LogP contribution in [0, 0.1) is 10.8 Å². The molecule has 0 amide bonds. The Kier molecular flexibility index (Phi) is 14.9. The minimum absolute atomic E-state index is 0.427. The van der Waals surface area contributed by atoms with E-state index in [1.165, 1.54) is 138 Å². The van der Waals surface area contributed by atoms with Crippen LogP contribution < -0.4 is 0 Å². The van der Waals surface area contributed by atoms with E-state index >= 15 is 0 Å². The normalized spacial score (nSPS) is 21.1. The van der Waals surface area contributed by atoms with Crippen molar-refractivity contribution in [2.24, 2.45) is 10.8 Å². The molecule has 2 aliphatic carbocycles. The molecule has 2 atom stereocenters. The number of allylic oxidation sites excluding steroid dienone is 4. The summed E-state index contributed by atoms with van der Waals surface area (Å²) in [6.07, 6.45) is 24.8. The first kappa shape index (κ1) is 37.6. The van der Waals surface area contributed by atoms with Gasteiger partial charge in [0, 0.05) is 12.8 Å². The van der Waals surface area contributed by atoms with Crippen LogP contribution in [0.15, 0.2) is 22.3 Å². The highest BCUT2D eigenvalue weighted by Crippen LogP contribution is 2.43. The Morgan fingerprint density at radius 3 is 1.17 bits per heavy atom. The Hall–Kier alpha value is -0.600. The maximum absolute atomic E-state index is 2.50. The third-order valence-electron chi connectivity index (χ3n) is 12.6. The third-order valence-corrected chi connectivity index (χ3v) is 12.6. The summed E-state index contributed by atoms with van der Waals surface area (Å²) >= 11 is 0. The molecule has 2 unspecified atom stereocenters. The fourth-order valence-corrected chi connectivity index (χ4v) is 8.40. The number of hydrogen-bond donors (Lipinski definition) is 0. The van der Waals surface area contributed by atoms with Crippen molar-refractivity contribution in [1.29, 1.82) is 0 Å². The van der Waals surface area contributed by atoms with Crippen molar-refractivity contribution in [3.05, 3.63) is 22.3 Å². The predicted octanol–water partition coefficient (Wildman–Crippen LogP) is 11.7. The molecule has 0 spiro atoms. The molecule has 0 aromatic heterocycles. The predicted molar refractivity (Wildman–Crippen MR) is 189 cm³/mol. The van der Waals surface area contributed by atoms with Crippen LogP contribution in [-0.2, 0) is 0 Å². The van der Waals surface area contributed by atoms with E-state index in [0.29, 0.717) is 10.8 Å². The van der Waals surface area contributed by atoms with Crippen LogP contribution >= 0.6 is 0 Å². The van der Waals surface area contributed by atoms with Gasteiger partial charge in [-0.2, -0.15) is 0 Å². The second kappa shape index (κ2) is 16.6. The first-order chi connectivity index (χ1) is 19.5. The van der Waals surface area contributed by atoms with Gasteiger partial charge in [0.25, 0.3) is 0 Å². The molecule has 0 aromatic rings. The van der Waals surface area contributed by atoms with Crippen molar-refractivity contribution in [1.82, 2.24) is 0 Å². The molecule has 246 valence electrons. The quantitative estimate of drug-likeness (QED) is 0.0802. The van der Waals surface area contributed by atoms with E-state index < -0.39 is 0 Å². The van der Waals surface area contributed by atoms with Crippen LogP contribution in [0.25, 0.3) is 0 Å². The molecule has 2 nitrogen and oxygen atoms in total. The lowest BCUT2D eigenvalue weighted by molar-refractivity contribution is -0.913. The Morgan fingerprint density at radius 2 is 0.857 bits per heavy atom. The van der Waals surface area contributed by atoms with Crippen molar-refractivity contribution in [2.45, 2.75) is 183 Å². The van der Waals surface area contributed by atoms with Gasteiger partial charge >= 0.3 is 0 Å². The lowest BCUT2D eigenvalue weighted by Gasteiger charge is -2.39. The molecule has 0 radical (unpaired) electrons. The Labute approximate surface area is 266 Å². The summed E-state index contributed by atoms with van der Waals surface area (Å²) in [6.45, 7) is 22.4. The fraction of sp³-hybridized carbons (Fsp3) is 0.900. The van der Waals surface area contributed by atoms with Crippen molar-refractivity contribution >= 4 is 0 Å². The molecule has 0 saturated carbocycles. The lowest BCUT2D eigenvalue weighted by atomic mass is 9.71. The van der Waals surface area contributed by atoms with E-state index in [-0.39, 0.29) is 0 Å². The van der Waals surface area contributed by atoms with Crippen molar-refractivity contribution in [2.75, 3.05) is 41.3 Å². The molecular formula is C40H78N2+2. The van der Waals surface area contributed by atoms with E-state index in [1.54, 1.807) is 22.3 Å². The van der Waals surface area contributed by atoms with E-state index in [9.17, 15) is 0 Å². The van der Waals surface area contributed by atoms with Gasteiger partial charge in [0.15, 0.2) is 0 Å². The summed E-state index contributed by atoms with van der Waals surface area (Å²) in [4.78, 5) is 0. The lowest BCUT2D eigenvalue weighted by Crippen LogP contribution is -2.48. The summed E-state index contributed by atoms with van der Waals surface area (Å²) in [5.74, 6) is 0. The number of unbranched alkanes of at least 4 members (excludes halogenated alkanes) is 7. The zero-order valence-electron chi connectivity index (χ0n) is 31.2. The molecule has 0 bridgehead atoms. The number of hydrogen-bond acceptors (Lipinski definition) is 0. The van der Waals surface area contributed by atoms with E-state index in [0.717, 1.165) is 12.1 Å². The monoisotopic (exact) mass is 587 g/mol. The van der Waals surface area contributed by atoms with Gasteiger partial charge in [-0.25, -0.2) is 0 Å². The topological polar surface area (TPSA) is 0 Å². The second-order valence-electron chi connectivity index (χ2n) is 17.6. The van der Waals surface area contributed by atoms with Crippen molar-refractivity contribution < 1.29 is 8.97 Å². The molecule has 42 heavy (non-hydrogen) atoms. The first-order valence-corrected chi connectivity index (χ1v) is 18.5. The van der Waals surface area contributed by atoms with Crippen molar-refractivity contribution in [3.8, 4) is 0 Å². The van der Waals surface area contributed by atoms with Crippen LogP contribution in [0.4, 0.5) is 0 Å². The minimum Gasteiger partial charge on any atom is -0.326 e. The van der Waals surface area contributed by atoms with Gasteiger partial charge in [0.2, 0.25) is 0 Å². The zero-order valence-corrected chi connectivity index (χ0v) is 31.2. The first-order valence-electron chi connectivity index (χ1n) is 18.5. The maximum atomic E-state index is 2.50. The van der Waals surface area contributed by atoms with Crippen LogP contribution in [0.5, 0.6) is 0 Å². The van der Waals surface area contributed by atoms with Crippen LogP contribution in [0.2, 0.25) is 0 Å². The van der Waals surface area contributed by atoms with Gasteiger partial charge in [-0.15, -0.1) is 0 Å². The summed E-state index contributed by atoms with van der Waals surface area (Å²) in [6, 6.07) is 1.49. The SMILES string of the molecule is CC1=C(CCC(C)[N+](C)(C)CCCCCCCCCC[N+](C)(C)C(C)CCC2=C(C)CCCC2(C)C)C(C)(C)CCC1. The third kappa shape index (κ3) is 11.7. The highest BCUT2D eigenvalue weighted by molar-refractivity contribution is 5.23.